The molecule has 5 atom stereocenters. The van der Waals surface area contributed by atoms with Gasteiger partial charge in [0, 0.05) is 97.9 Å². The summed E-state index contributed by atoms with van der Waals surface area (Å²) in [6, 6.07) is 9.21. The molecule has 68 heavy (non-hydrogen) atoms. The summed E-state index contributed by atoms with van der Waals surface area (Å²) >= 11 is 1.49. The number of nitrogens with zero attached hydrogens (tertiary/aromatic N) is 7. The lowest BCUT2D eigenvalue weighted by molar-refractivity contribution is -0.159. The Kier molecular flexibility index (Phi) is 12.8. The predicted octanol–water partition coefficient (Wildman–Crippen LogP) is 6.75. The van der Waals surface area contributed by atoms with Crippen LogP contribution >= 0.6 is 11.3 Å². The van der Waals surface area contributed by atoms with Gasteiger partial charge in [0.05, 0.1) is 61.3 Å². The number of urea groups is 1. The number of likely N-dealkylation sites (N-methyl/N-ethyl adjacent to an activating group) is 1. The average Bonchev–Trinajstić information content (AvgIpc) is 3.89. The van der Waals surface area contributed by atoms with E-state index in [-0.39, 0.29) is 58.2 Å². The van der Waals surface area contributed by atoms with Crippen LogP contribution in [0.3, 0.4) is 0 Å². The van der Waals surface area contributed by atoms with E-state index in [9.17, 15) is 14.4 Å². The SMILES string of the molecule is C=CC(=O)N1CC2(CCN2C(=O)N(C)[C@H](C(=O)C2[Si]CC23Cc2nc(cs2)-c2ccc4c(c2)c(c(-c2cccnc2[C@H](C)OC)n4CC)CC(C)(C)COC(=O)[C@@H]2CCCN(N2)C3=O)C(C)C)C1. The van der Waals surface area contributed by atoms with Crippen molar-refractivity contribution in [3.05, 3.63) is 70.8 Å². The van der Waals surface area contributed by atoms with E-state index < -0.39 is 40.0 Å². The lowest BCUT2D eigenvalue weighted by Gasteiger charge is -2.62. The van der Waals surface area contributed by atoms with E-state index in [4.69, 9.17) is 19.4 Å². The second-order valence-electron chi connectivity index (χ2n) is 20.6. The van der Waals surface area contributed by atoms with Crippen molar-refractivity contribution in [2.45, 2.75) is 116 Å². The molecule has 8 heterocycles. The van der Waals surface area contributed by atoms with Crippen LogP contribution in [0.2, 0.25) is 11.6 Å². The van der Waals surface area contributed by atoms with Gasteiger partial charge in [-0.1, -0.05) is 40.3 Å². The Hall–Kier alpha value is -5.23. The van der Waals surface area contributed by atoms with Crippen molar-refractivity contribution < 1.29 is 33.4 Å². The van der Waals surface area contributed by atoms with Crippen LogP contribution < -0.4 is 5.43 Å². The van der Waals surface area contributed by atoms with Crippen molar-refractivity contribution in [1.29, 1.82) is 0 Å². The van der Waals surface area contributed by atoms with Crippen molar-refractivity contribution >= 4 is 61.4 Å². The van der Waals surface area contributed by atoms with Gasteiger partial charge in [0.15, 0.2) is 5.78 Å². The number of carbonyl (C=O) groups excluding carboxylic acids is 5. The molecule has 5 aliphatic heterocycles. The number of ether oxygens (including phenoxy) is 2. The Morgan fingerprint density at radius 3 is 2.57 bits per heavy atom. The zero-order valence-corrected chi connectivity index (χ0v) is 42.4. The molecule has 3 aromatic heterocycles. The van der Waals surface area contributed by atoms with Crippen LogP contribution in [0, 0.1) is 16.7 Å². The number of cyclic esters (lactones) is 1. The molecular weight excluding hydrogens is 897 g/mol. The minimum atomic E-state index is -1.16. The van der Waals surface area contributed by atoms with Crippen LogP contribution in [0.15, 0.2) is 54.6 Å². The molecule has 0 saturated carbocycles. The van der Waals surface area contributed by atoms with Crippen molar-refractivity contribution in [2.24, 2.45) is 16.7 Å². The summed E-state index contributed by atoms with van der Waals surface area (Å²) in [4.78, 5) is 86.4. The molecule has 1 aromatic carbocycles. The summed E-state index contributed by atoms with van der Waals surface area (Å²) in [6.45, 7) is 18.5. The number of aryl methyl sites for hydroxylation is 1. The highest BCUT2D eigenvalue weighted by molar-refractivity contribution is 7.10. The number of esters is 1. The fourth-order valence-corrected chi connectivity index (χ4v) is 14.0. The largest absolute Gasteiger partial charge is 0.464 e. The number of amides is 4. The highest BCUT2D eigenvalue weighted by Gasteiger charge is 2.61. The van der Waals surface area contributed by atoms with Crippen LogP contribution in [0.25, 0.3) is 33.4 Å². The minimum absolute atomic E-state index is 0.138. The number of nitrogens with one attached hydrogen (secondary N) is 1. The first kappa shape index (κ1) is 47.8. The third-order valence-corrected chi connectivity index (χ3v) is 18.1. The molecule has 2 unspecified atom stereocenters. The smallest absolute Gasteiger partial charge is 0.324 e. The molecule has 4 amide bonds. The molecule has 6 bridgehead atoms. The number of methoxy groups -OCH3 is 1. The number of hydrogen-bond acceptors (Lipinski definition) is 11. The molecule has 9 rings (SSSR count). The van der Waals surface area contributed by atoms with Crippen molar-refractivity contribution in [1.82, 2.24) is 39.7 Å². The second-order valence-corrected chi connectivity index (χ2v) is 22.9. The quantitative estimate of drug-likeness (QED) is 0.108. The molecule has 4 aromatic rings. The summed E-state index contributed by atoms with van der Waals surface area (Å²) in [5.41, 5.74) is 7.27. The third kappa shape index (κ3) is 8.09. The van der Waals surface area contributed by atoms with E-state index in [1.165, 1.54) is 17.4 Å². The molecule has 15 nitrogen and oxygen atoms in total. The van der Waals surface area contributed by atoms with Crippen LogP contribution in [0.1, 0.15) is 83.2 Å². The fraction of sp³-hybridized carbons (Fsp3) is 0.549. The molecule has 17 heteroatoms. The zero-order valence-electron chi connectivity index (χ0n) is 40.6. The van der Waals surface area contributed by atoms with E-state index in [0.29, 0.717) is 58.0 Å². The molecule has 2 spiro atoms. The Balaban J connectivity index is 1.10. The maximum atomic E-state index is 15.3. The van der Waals surface area contributed by atoms with Gasteiger partial charge in [0.1, 0.15) is 6.04 Å². The van der Waals surface area contributed by atoms with Crippen LogP contribution in [0.4, 0.5) is 4.79 Å². The van der Waals surface area contributed by atoms with Gasteiger partial charge in [-0.15, -0.1) is 11.3 Å². The standard InChI is InChI=1S/C51H64N8O7SSi/c1-10-40(60)56-26-50(27-56)18-21-58(50)48(64)55(8)42(30(3)4)44(61)45-51(29-68-45)24-39-53-37(25-67-39)32-16-17-38-34(22-32)35(43(57(38)11-2)33-14-12-19-52-41(33)31(5)65-9)23-49(6,7)28-66-46(62)36-15-13-20-59(54-36)47(51)63/h10,12,14,16-17,19,22,25,30-31,36,42,45,54H,1,11,13,15,18,20-21,23-24,26-29H2,2-9H3/t31-,36-,42-,45?,51?/m0/s1. The molecule has 4 fully saturated rings. The van der Waals surface area contributed by atoms with Crippen LogP contribution in [-0.4, -0.2) is 138 Å². The van der Waals surface area contributed by atoms with Gasteiger partial charge in [-0.2, -0.15) is 0 Å². The summed E-state index contributed by atoms with van der Waals surface area (Å²) < 4.78 is 14.4. The highest BCUT2D eigenvalue weighted by Crippen LogP contribution is 2.53. The number of Topliss-reactive ketones (excluding diaryl/α,β-unsaturated/α-hetero) is 1. The monoisotopic (exact) mass is 960 g/mol. The Labute approximate surface area is 405 Å². The zero-order chi connectivity index (χ0) is 48.4. The number of carbonyl (C=O) groups is 5. The van der Waals surface area contributed by atoms with Gasteiger partial charge < -0.3 is 28.7 Å². The number of fused-ring (bicyclic) bond motifs is 6. The topological polar surface area (TPSA) is 160 Å². The first-order chi connectivity index (χ1) is 32.5. The van der Waals surface area contributed by atoms with Crippen molar-refractivity contribution in [2.75, 3.05) is 46.9 Å². The lowest BCUT2D eigenvalue weighted by atomic mass is 9.75. The van der Waals surface area contributed by atoms with Crippen molar-refractivity contribution in [3.8, 4) is 22.5 Å². The van der Waals surface area contributed by atoms with E-state index in [2.05, 4.69) is 61.6 Å². The van der Waals surface area contributed by atoms with E-state index in [1.807, 2.05) is 32.2 Å². The second kappa shape index (κ2) is 18.3. The number of hydrazine groups is 1. The Bertz CT molecular complexity index is 2670. The fourth-order valence-electron chi connectivity index (χ4n) is 11.3. The van der Waals surface area contributed by atoms with Gasteiger partial charge in [-0.25, -0.2) is 15.2 Å². The van der Waals surface area contributed by atoms with Crippen LogP contribution in [0.5, 0.6) is 0 Å². The molecular formula is C51H64N8O7SSi. The summed E-state index contributed by atoms with van der Waals surface area (Å²) in [6.07, 6.45) is 5.51. The van der Waals surface area contributed by atoms with Gasteiger partial charge in [0.2, 0.25) is 11.8 Å². The van der Waals surface area contributed by atoms with Gasteiger partial charge in [-0.05, 0) is 87.4 Å². The van der Waals surface area contributed by atoms with Crippen molar-refractivity contribution in [3.63, 3.8) is 0 Å². The number of likely N-dealkylation sites (tertiary alicyclic amines) is 2. The van der Waals surface area contributed by atoms with E-state index in [1.54, 1.807) is 40.1 Å². The van der Waals surface area contributed by atoms with E-state index in [0.717, 1.165) is 56.1 Å². The molecule has 1 N–H and O–H groups in total. The number of aromatic nitrogens is 3. The predicted molar refractivity (Wildman–Crippen MR) is 262 cm³/mol. The Morgan fingerprint density at radius 2 is 1.91 bits per heavy atom. The minimum Gasteiger partial charge on any atom is -0.464 e. The van der Waals surface area contributed by atoms with Crippen LogP contribution in [-0.2, 0) is 48.0 Å². The first-order valence-corrected chi connectivity index (χ1v) is 26.2. The maximum absolute atomic E-state index is 15.3. The number of ketones is 1. The van der Waals surface area contributed by atoms with Gasteiger partial charge >= 0.3 is 12.0 Å². The number of thiazole rings is 1. The molecule has 0 aliphatic carbocycles. The maximum Gasteiger partial charge on any atom is 0.324 e. The molecule has 2 radical (unpaired) electrons. The first-order valence-electron chi connectivity index (χ1n) is 24.0. The summed E-state index contributed by atoms with van der Waals surface area (Å²) in [5.74, 6) is -1.20. The summed E-state index contributed by atoms with van der Waals surface area (Å²) in [7, 11) is 3.54. The number of hydrogen-bond donors (Lipinski definition) is 1. The normalized spacial score (nSPS) is 24.2. The molecule has 4 saturated heterocycles. The highest BCUT2D eigenvalue weighted by atomic mass is 32.1. The third-order valence-electron chi connectivity index (χ3n) is 15.2. The molecule has 360 valence electrons. The average molecular weight is 961 g/mol. The van der Waals surface area contributed by atoms with Gasteiger partial charge in [-0.3, -0.25) is 29.2 Å². The summed E-state index contributed by atoms with van der Waals surface area (Å²) in [5, 5.41) is 5.41. The number of benzene rings is 1. The Morgan fingerprint density at radius 1 is 1.13 bits per heavy atom. The van der Waals surface area contributed by atoms with E-state index >= 15 is 9.59 Å². The number of rotatable bonds is 9. The number of pyridine rings is 1. The lowest BCUT2D eigenvalue weighted by Crippen LogP contribution is -2.79. The molecule has 5 aliphatic rings. The van der Waals surface area contributed by atoms with Gasteiger partial charge in [0.25, 0.3) is 0 Å².